The highest BCUT2D eigenvalue weighted by Gasteiger charge is 2.60. The Morgan fingerprint density at radius 1 is 1.31 bits per heavy atom. The summed E-state index contributed by atoms with van der Waals surface area (Å²) in [5, 5.41) is 9.23. The molecule has 2 N–H and O–H groups in total. The van der Waals surface area contributed by atoms with E-state index in [1.54, 1.807) is 0 Å². The van der Waals surface area contributed by atoms with Crippen molar-refractivity contribution in [2.75, 3.05) is 0 Å². The number of carbonyl (C=O) groups is 2. The van der Waals surface area contributed by atoms with Gasteiger partial charge in [-0.1, -0.05) is 33.8 Å². The Hall–Kier alpha value is -1.80. The van der Waals surface area contributed by atoms with Crippen LogP contribution in [0.2, 0.25) is 12.1 Å². The third-order valence-corrected chi connectivity index (χ3v) is 8.67. The van der Waals surface area contributed by atoms with Crippen LogP contribution in [-0.2, 0) is 16.2 Å². The van der Waals surface area contributed by atoms with Gasteiger partial charge in [-0.15, -0.1) is 5.48 Å². The van der Waals surface area contributed by atoms with Crippen LogP contribution < -0.4 is 5.48 Å². The molecule has 1 heterocycles. The summed E-state index contributed by atoms with van der Waals surface area (Å²) in [6.45, 7) is 8.01. The minimum atomic E-state index is -1.99. The van der Waals surface area contributed by atoms with Crippen molar-refractivity contribution in [2.24, 2.45) is 16.7 Å². The van der Waals surface area contributed by atoms with Crippen molar-refractivity contribution in [3.8, 4) is 0 Å². The molecule has 1 aromatic rings. The zero-order valence-corrected chi connectivity index (χ0v) is 16.6. The Kier molecular flexibility index (Phi) is 5.87. The Morgan fingerprint density at radius 2 is 1.92 bits per heavy atom. The molecule has 1 unspecified atom stereocenters. The van der Waals surface area contributed by atoms with E-state index in [-0.39, 0.29) is 17.9 Å². The van der Waals surface area contributed by atoms with E-state index in [2.05, 4.69) is 5.48 Å². The van der Waals surface area contributed by atoms with Gasteiger partial charge in [-0.05, 0) is 41.1 Å². The van der Waals surface area contributed by atoms with Crippen molar-refractivity contribution in [2.45, 2.75) is 46.3 Å². The number of hydrogen-bond acceptors (Lipinski definition) is 4. The fourth-order valence-electron chi connectivity index (χ4n) is 3.46. The van der Waals surface area contributed by atoms with Gasteiger partial charge in [0.05, 0.1) is 12.0 Å². The highest BCUT2D eigenvalue weighted by molar-refractivity contribution is 6.91. The molecule has 8 heteroatoms. The lowest BCUT2D eigenvalue weighted by atomic mass is 9.66. The molecule has 0 radical (unpaired) electrons. The van der Waals surface area contributed by atoms with Crippen LogP contribution in [0.4, 0.5) is 13.6 Å². The Bertz CT molecular complexity index is 699. The second-order valence-corrected chi connectivity index (χ2v) is 10.9. The molecule has 1 fully saturated rings. The third-order valence-electron chi connectivity index (χ3n) is 5.53. The van der Waals surface area contributed by atoms with Crippen molar-refractivity contribution < 1.29 is 28.3 Å². The fraction of sp³-hybridized carbons (Fsp3) is 0.556. The van der Waals surface area contributed by atoms with E-state index in [0.29, 0.717) is 17.7 Å². The highest BCUT2D eigenvalue weighted by atomic mass is 28.3. The van der Waals surface area contributed by atoms with Crippen LogP contribution in [-0.4, -0.2) is 25.5 Å². The van der Waals surface area contributed by atoms with Gasteiger partial charge in [0.1, 0.15) is 0 Å². The number of rotatable bonds is 6. The minimum absolute atomic E-state index is 0.0305. The van der Waals surface area contributed by atoms with E-state index in [1.807, 2.05) is 27.7 Å². The van der Waals surface area contributed by atoms with E-state index in [0.717, 1.165) is 12.1 Å². The minimum Gasteiger partial charge on any atom is -0.486 e. The SMILES string of the molecule is CC(C(C)(C)C)C1(C(=O)ONCc2ccc(F)c(F)c2)C[SiH](C(=O)O)C1. The number of hydroxylamine groups is 1. The first-order valence-electron chi connectivity index (χ1n) is 8.58. The molecule has 0 amide bonds. The van der Waals surface area contributed by atoms with Gasteiger partial charge in [0.25, 0.3) is 5.59 Å². The normalized spacial score (nSPS) is 23.8. The second-order valence-electron chi connectivity index (χ2n) is 8.15. The van der Waals surface area contributed by atoms with Crippen LogP contribution in [0.5, 0.6) is 0 Å². The zero-order valence-electron chi connectivity index (χ0n) is 15.4. The molecule has 0 aromatic heterocycles. The molecule has 26 heavy (non-hydrogen) atoms. The summed E-state index contributed by atoms with van der Waals surface area (Å²) in [7, 11) is -1.99. The Balaban J connectivity index is 2.03. The quantitative estimate of drug-likeness (QED) is 0.577. The van der Waals surface area contributed by atoms with Crippen LogP contribution in [0.3, 0.4) is 0 Å². The van der Waals surface area contributed by atoms with Crippen LogP contribution in [0.1, 0.15) is 33.3 Å². The van der Waals surface area contributed by atoms with Gasteiger partial charge >= 0.3 is 5.97 Å². The first-order chi connectivity index (χ1) is 12.0. The molecule has 0 spiro atoms. The maximum atomic E-state index is 13.2. The standard InChI is InChI=1S/C18H25F2NO4Si/c1-11(17(2,3)4)18(9-26(10-18)16(23)24)15(22)25-21-8-12-5-6-13(19)14(20)7-12/h5-7,11,21,26H,8-10H2,1-4H3,(H,23,24). The molecule has 1 aliphatic rings. The van der Waals surface area contributed by atoms with Crippen LogP contribution >= 0.6 is 0 Å². The average molecular weight is 385 g/mol. The van der Waals surface area contributed by atoms with Crippen molar-refractivity contribution in [1.82, 2.24) is 5.48 Å². The third kappa shape index (κ3) is 4.12. The first kappa shape index (κ1) is 20.5. The van der Waals surface area contributed by atoms with Gasteiger partial charge in [0.15, 0.2) is 20.4 Å². The van der Waals surface area contributed by atoms with Crippen LogP contribution in [0.25, 0.3) is 0 Å². The smallest absolute Gasteiger partial charge is 0.330 e. The van der Waals surface area contributed by atoms with Crippen molar-refractivity contribution in [3.05, 3.63) is 35.4 Å². The molecule has 0 aliphatic carbocycles. The topological polar surface area (TPSA) is 75.6 Å². The summed E-state index contributed by atoms with van der Waals surface area (Å²) in [6, 6.07) is 4.16. The van der Waals surface area contributed by atoms with Crippen molar-refractivity contribution >= 4 is 20.4 Å². The Labute approximate surface area is 153 Å². The maximum Gasteiger partial charge on any atom is 0.330 e. The van der Waals surface area contributed by atoms with Gasteiger partial charge in [-0.25, -0.2) is 13.6 Å². The number of carboxylic acid groups (broad SMARTS) is 1. The molecule has 2 rings (SSSR count). The molecule has 5 nitrogen and oxygen atoms in total. The van der Waals surface area contributed by atoms with Gasteiger partial charge in [-0.3, -0.25) is 4.79 Å². The number of halogens is 2. The predicted octanol–water partition coefficient (Wildman–Crippen LogP) is 3.68. The lowest BCUT2D eigenvalue weighted by Gasteiger charge is -2.50. The average Bonchev–Trinajstić information content (AvgIpc) is 2.48. The molecule has 144 valence electrons. The summed E-state index contributed by atoms with van der Waals surface area (Å²) < 4.78 is 26.1. The van der Waals surface area contributed by atoms with E-state index in [9.17, 15) is 23.5 Å². The first-order valence-corrected chi connectivity index (χ1v) is 10.8. The van der Waals surface area contributed by atoms with E-state index < -0.39 is 37.4 Å². The lowest BCUT2D eigenvalue weighted by molar-refractivity contribution is -0.169. The van der Waals surface area contributed by atoms with Gasteiger partial charge < -0.3 is 9.94 Å². The van der Waals surface area contributed by atoms with Gasteiger partial charge in [0.2, 0.25) is 0 Å². The number of nitrogens with one attached hydrogen (secondary N) is 1. The van der Waals surface area contributed by atoms with Crippen LogP contribution in [0.15, 0.2) is 18.2 Å². The molecule has 1 atom stereocenters. The van der Waals surface area contributed by atoms with Crippen LogP contribution in [0, 0.1) is 28.4 Å². The molecule has 1 aromatic carbocycles. The maximum absolute atomic E-state index is 13.2. The summed E-state index contributed by atoms with van der Waals surface area (Å²) >= 11 is 0. The molecule has 1 aliphatic heterocycles. The lowest BCUT2D eigenvalue weighted by Crippen LogP contribution is -2.58. The predicted molar refractivity (Wildman–Crippen MR) is 95.1 cm³/mol. The number of hydrogen-bond donors (Lipinski definition) is 2. The zero-order chi connectivity index (χ0) is 19.7. The van der Waals surface area contributed by atoms with E-state index in [1.165, 1.54) is 6.07 Å². The Morgan fingerprint density at radius 3 is 2.42 bits per heavy atom. The summed E-state index contributed by atoms with van der Waals surface area (Å²) in [5.41, 5.74) is 1.16. The monoisotopic (exact) mass is 385 g/mol. The van der Waals surface area contributed by atoms with Gasteiger partial charge in [0, 0.05) is 0 Å². The van der Waals surface area contributed by atoms with E-state index in [4.69, 9.17) is 4.84 Å². The fourth-order valence-corrected chi connectivity index (χ4v) is 6.49. The number of carbonyl (C=O) groups excluding carboxylic acids is 1. The highest BCUT2D eigenvalue weighted by Crippen LogP contribution is 2.54. The molecular formula is C18H25F2NO4Si. The summed E-state index contributed by atoms with van der Waals surface area (Å²) in [5.74, 6) is -2.45. The van der Waals surface area contributed by atoms with E-state index >= 15 is 0 Å². The molecule has 0 bridgehead atoms. The largest absolute Gasteiger partial charge is 0.486 e. The summed E-state index contributed by atoms with van der Waals surface area (Å²) in [4.78, 5) is 29.2. The molecule has 1 saturated heterocycles. The molecule has 0 saturated carbocycles. The molecular weight excluding hydrogens is 360 g/mol. The summed E-state index contributed by atoms with van der Waals surface area (Å²) in [6.07, 6.45) is 0. The number of benzene rings is 1. The van der Waals surface area contributed by atoms with Crippen molar-refractivity contribution in [3.63, 3.8) is 0 Å². The second kappa shape index (κ2) is 7.44. The van der Waals surface area contributed by atoms with Gasteiger partial charge in [-0.2, -0.15) is 0 Å². The van der Waals surface area contributed by atoms with Crippen molar-refractivity contribution in [1.29, 1.82) is 0 Å².